The lowest BCUT2D eigenvalue weighted by Gasteiger charge is -2.37. The van der Waals surface area contributed by atoms with E-state index >= 15 is 0 Å². The third-order valence-electron chi connectivity index (χ3n) is 10.8. The molecule has 2 aromatic heterocycles. The molecular weight excluding hydrogens is 853 g/mol. The van der Waals surface area contributed by atoms with Crippen LogP contribution in [0.4, 0.5) is 4.79 Å². The number of hydrogen-bond donors (Lipinski definition) is 4. The van der Waals surface area contributed by atoms with Gasteiger partial charge in [-0.2, -0.15) is 0 Å². The van der Waals surface area contributed by atoms with Gasteiger partial charge in [0.1, 0.15) is 35.3 Å². The Morgan fingerprint density at radius 2 is 1.07 bits per heavy atom. The maximum Gasteiger partial charge on any atom is 0.408 e. The molecule has 5 aromatic rings. The molecule has 5 rings (SSSR count). The molecule has 0 aliphatic carbocycles. The topological polar surface area (TPSA) is 197 Å². The van der Waals surface area contributed by atoms with Gasteiger partial charge in [-0.05, 0) is 71.1 Å². The molecule has 358 valence electrons. The monoisotopic (exact) mass is 919 g/mol. The number of carbonyl (C=O) groups excluding carboxylic acids is 5. The summed E-state index contributed by atoms with van der Waals surface area (Å²) in [7, 11) is 3.01. The molecule has 0 fully saturated rings. The Hall–Kier alpha value is -6.81. The molecule has 0 aliphatic heterocycles. The SMILES string of the molecule is COC(=O)[C@H](Cc1cn(C(c2ccccc2)(c2ccccc2)c2ccccc2)cn1)NC(=O)[C@H](NC(=O)[C@@H](NC(=O)[C@H](Cc1cn(C)cn1)NC(=O)OC(C)(C)C)[C@@H](C)OC(C)(C)C)C(C)C. The first-order valence-corrected chi connectivity index (χ1v) is 22.4. The number of esters is 1. The average molecular weight is 919 g/mol. The highest BCUT2D eigenvalue weighted by Gasteiger charge is 2.40. The van der Waals surface area contributed by atoms with Crippen LogP contribution in [0.15, 0.2) is 116 Å². The van der Waals surface area contributed by atoms with E-state index in [9.17, 15) is 24.0 Å². The zero-order valence-electron chi connectivity index (χ0n) is 40.4. The van der Waals surface area contributed by atoms with E-state index in [0.717, 1.165) is 16.7 Å². The number of aryl methyl sites for hydroxylation is 1. The van der Waals surface area contributed by atoms with Crippen molar-refractivity contribution in [3.05, 3.63) is 144 Å². The minimum Gasteiger partial charge on any atom is -0.467 e. The van der Waals surface area contributed by atoms with Crippen LogP contribution in [0.2, 0.25) is 0 Å². The van der Waals surface area contributed by atoms with Crippen LogP contribution < -0.4 is 21.3 Å². The van der Waals surface area contributed by atoms with Crippen molar-refractivity contribution in [2.24, 2.45) is 13.0 Å². The molecule has 0 spiro atoms. The lowest BCUT2D eigenvalue weighted by molar-refractivity contribution is -0.146. The molecule has 5 atom stereocenters. The van der Waals surface area contributed by atoms with Crippen molar-refractivity contribution in [2.75, 3.05) is 7.11 Å². The molecule has 3 aromatic carbocycles. The molecule has 2 heterocycles. The fourth-order valence-electron chi connectivity index (χ4n) is 7.94. The number of benzene rings is 3. The molecule has 0 unspecified atom stereocenters. The first-order chi connectivity index (χ1) is 31.6. The predicted molar refractivity (Wildman–Crippen MR) is 254 cm³/mol. The van der Waals surface area contributed by atoms with Crippen molar-refractivity contribution in [3.8, 4) is 0 Å². The Morgan fingerprint density at radius 1 is 0.597 bits per heavy atom. The van der Waals surface area contributed by atoms with Crippen LogP contribution in [0.25, 0.3) is 0 Å². The fraction of sp³-hybridized carbons (Fsp3) is 0.431. The molecule has 4 amide bonds. The number of nitrogens with one attached hydrogen (secondary N) is 4. The summed E-state index contributed by atoms with van der Waals surface area (Å²) in [6, 6.07) is 25.2. The molecule has 67 heavy (non-hydrogen) atoms. The average Bonchev–Trinajstić information content (AvgIpc) is 3.92. The van der Waals surface area contributed by atoms with Gasteiger partial charge in [0.15, 0.2) is 0 Å². The zero-order valence-corrected chi connectivity index (χ0v) is 40.4. The Labute approximate surface area is 393 Å². The van der Waals surface area contributed by atoms with Crippen molar-refractivity contribution in [2.45, 2.75) is 122 Å². The van der Waals surface area contributed by atoms with E-state index in [4.69, 9.17) is 19.2 Å². The highest BCUT2D eigenvalue weighted by atomic mass is 16.6. The van der Waals surface area contributed by atoms with Gasteiger partial charge in [-0.1, -0.05) is 105 Å². The molecule has 0 saturated carbocycles. The summed E-state index contributed by atoms with van der Waals surface area (Å²) in [5.41, 5.74) is 1.46. The van der Waals surface area contributed by atoms with E-state index in [1.54, 1.807) is 92.8 Å². The molecule has 0 saturated heterocycles. The van der Waals surface area contributed by atoms with Crippen molar-refractivity contribution >= 4 is 29.8 Å². The van der Waals surface area contributed by atoms with Crippen molar-refractivity contribution in [1.82, 2.24) is 40.4 Å². The van der Waals surface area contributed by atoms with E-state index in [0.29, 0.717) is 11.4 Å². The molecule has 4 N–H and O–H groups in total. The Kier molecular flexibility index (Phi) is 16.9. The summed E-state index contributed by atoms with van der Waals surface area (Å²) in [4.78, 5) is 78.4. The molecule has 0 aliphatic rings. The van der Waals surface area contributed by atoms with E-state index < -0.39 is 82.7 Å². The normalized spacial score (nSPS) is 14.2. The third-order valence-corrected chi connectivity index (χ3v) is 10.8. The predicted octanol–water partition coefficient (Wildman–Crippen LogP) is 5.62. The quantitative estimate of drug-likeness (QED) is 0.0596. The lowest BCUT2D eigenvalue weighted by Crippen LogP contribution is -2.62. The lowest BCUT2D eigenvalue weighted by atomic mass is 9.77. The summed E-state index contributed by atoms with van der Waals surface area (Å²) in [6.07, 6.45) is 5.02. The summed E-state index contributed by atoms with van der Waals surface area (Å²) >= 11 is 0. The van der Waals surface area contributed by atoms with Crippen molar-refractivity contribution in [1.29, 1.82) is 0 Å². The number of aromatic nitrogens is 4. The van der Waals surface area contributed by atoms with Gasteiger partial charge >= 0.3 is 12.1 Å². The number of hydrogen-bond acceptors (Lipinski definition) is 10. The van der Waals surface area contributed by atoms with Gasteiger partial charge in [0, 0.05) is 32.3 Å². The van der Waals surface area contributed by atoms with E-state index in [2.05, 4.69) is 62.6 Å². The number of rotatable bonds is 19. The Balaban J connectivity index is 1.42. The standard InChI is InChI=1S/C51H66N8O8/c1-33(2)42(56-46(62)43(34(3)66-49(4,5)6)57-44(60)40(27-38-29-58(10)31-52-38)55-48(64)67-50(7,8)9)45(61)54-41(47(63)65-11)28-39-30-59(32-53-39)51(35-21-15-12-16-22-35,36-23-17-13-18-24-36)37-25-19-14-20-26-37/h12-26,29-34,40-43H,27-28H2,1-11H3,(H,54,61)(H,55,64)(H,56,62)(H,57,60)/t34-,40+,41+,42-,43+/m1/s1. The number of alkyl carbamates (subject to hydrolysis) is 1. The minimum atomic E-state index is -1.35. The maximum atomic E-state index is 14.4. The summed E-state index contributed by atoms with van der Waals surface area (Å²) in [5, 5.41) is 11.0. The Morgan fingerprint density at radius 3 is 1.54 bits per heavy atom. The number of amides is 4. The molecule has 0 radical (unpaired) electrons. The largest absolute Gasteiger partial charge is 0.467 e. The number of imidazole rings is 2. The van der Waals surface area contributed by atoms with Gasteiger partial charge in [0.2, 0.25) is 17.7 Å². The second kappa shape index (κ2) is 22.1. The summed E-state index contributed by atoms with van der Waals surface area (Å²) in [5.74, 6) is -3.33. The van der Waals surface area contributed by atoms with Crippen LogP contribution >= 0.6 is 0 Å². The first kappa shape index (κ1) is 51.2. The second-order valence-electron chi connectivity index (χ2n) is 19.0. The van der Waals surface area contributed by atoms with Gasteiger partial charge in [-0.25, -0.2) is 19.6 Å². The van der Waals surface area contributed by atoms with Crippen LogP contribution in [0.5, 0.6) is 0 Å². The van der Waals surface area contributed by atoms with Gasteiger partial charge in [0.05, 0.1) is 42.9 Å². The molecule has 0 bridgehead atoms. The number of ether oxygens (including phenoxy) is 3. The number of carbonyl (C=O) groups is 5. The minimum absolute atomic E-state index is 0.0231. The van der Waals surface area contributed by atoms with Gasteiger partial charge in [-0.15, -0.1) is 0 Å². The fourth-order valence-corrected chi connectivity index (χ4v) is 7.94. The van der Waals surface area contributed by atoms with E-state index in [-0.39, 0.29) is 12.8 Å². The van der Waals surface area contributed by atoms with Gasteiger partial charge in [0.25, 0.3) is 0 Å². The van der Waals surface area contributed by atoms with Gasteiger partial charge in [-0.3, -0.25) is 14.4 Å². The summed E-state index contributed by atoms with van der Waals surface area (Å²) < 4.78 is 20.5. The molecular formula is C51H66N8O8. The maximum absolute atomic E-state index is 14.4. The van der Waals surface area contributed by atoms with E-state index in [1.807, 2.05) is 65.4 Å². The highest BCUT2D eigenvalue weighted by molar-refractivity contribution is 5.95. The van der Waals surface area contributed by atoms with Crippen molar-refractivity contribution in [3.63, 3.8) is 0 Å². The molecule has 16 nitrogen and oxygen atoms in total. The number of nitrogens with zero attached hydrogens (tertiary/aromatic N) is 4. The summed E-state index contributed by atoms with van der Waals surface area (Å²) in [6.45, 7) is 15.6. The van der Waals surface area contributed by atoms with Gasteiger partial charge < -0.3 is 44.6 Å². The van der Waals surface area contributed by atoms with Crippen molar-refractivity contribution < 1.29 is 38.2 Å². The van der Waals surface area contributed by atoms with Crippen LogP contribution in [-0.2, 0) is 58.8 Å². The third kappa shape index (κ3) is 13.6. The van der Waals surface area contributed by atoms with Crippen LogP contribution in [0.1, 0.15) is 90.4 Å². The zero-order chi connectivity index (χ0) is 49.1. The molecule has 16 heteroatoms. The van der Waals surface area contributed by atoms with Crippen LogP contribution in [0.3, 0.4) is 0 Å². The van der Waals surface area contributed by atoms with Crippen LogP contribution in [-0.4, -0.2) is 97.5 Å². The highest BCUT2D eigenvalue weighted by Crippen LogP contribution is 2.41. The smallest absolute Gasteiger partial charge is 0.408 e. The van der Waals surface area contributed by atoms with Crippen LogP contribution in [0, 0.1) is 5.92 Å². The van der Waals surface area contributed by atoms with E-state index in [1.165, 1.54) is 7.11 Å². The first-order valence-electron chi connectivity index (χ1n) is 22.4. The Bertz CT molecular complexity index is 2330. The number of methoxy groups -OCH3 is 1. The second-order valence-corrected chi connectivity index (χ2v) is 19.0.